The Hall–Kier alpha value is -1.55. The van der Waals surface area contributed by atoms with Crippen LogP contribution in [0.3, 0.4) is 0 Å². The van der Waals surface area contributed by atoms with Crippen LogP contribution in [0.4, 0.5) is 0 Å². The van der Waals surface area contributed by atoms with Crippen LogP contribution < -0.4 is 10.6 Å². The zero-order chi connectivity index (χ0) is 15.9. The van der Waals surface area contributed by atoms with Crippen molar-refractivity contribution in [3.8, 4) is 0 Å². The van der Waals surface area contributed by atoms with Gasteiger partial charge >= 0.3 is 0 Å². The quantitative estimate of drug-likeness (QED) is 0.626. The third kappa shape index (κ3) is 5.24. The summed E-state index contributed by atoms with van der Waals surface area (Å²) in [5, 5.41) is 6.84. The smallest absolute Gasteiger partial charge is 0.191 e. The molecule has 1 saturated carbocycles. The molecule has 126 valence electrons. The second kappa shape index (κ2) is 8.34. The fraction of sp³-hybridized carbons (Fsp3) is 0.632. The molecule has 0 radical (unpaired) electrons. The summed E-state index contributed by atoms with van der Waals surface area (Å²) < 4.78 is 0. The largest absolute Gasteiger partial charge is 0.357 e. The number of piperidine rings is 1. The van der Waals surface area contributed by atoms with Crippen molar-refractivity contribution in [3.05, 3.63) is 35.4 Å². The van der Waals surface area contributed by atoms with Gasteiger partial charge in [-0.15, -0.1) is 0 Å². The Morgan fingerprint density at radius 3 is 2.57 bits per heavy atom. The minimum absolute atomic E-state index is 0.636. The highest BCUT2D eigenvalue weighted by molar-refractivity contribution is 5.80. The summed E-state index contributed by atoms with van der Waals surface area (Å²) >= 11 is 0. The lowest BCUT2D eigenvalue weighted by atomic mass is 10.1. The van der Waals surface area contributed by atoms with Crippen LogP contribution in [0.5, 0.6) is 0 Å². The van der Waals surface area contributed by atoms with Crippen LogP contribution in [0.1, 0.15) is 50.2 Å². The Morgan fingerprint density at radius 2 is 1.87 bits per heavy atom. The van der Waals surface area contributed by atoms with E-state index in [9.17, 15) is 0 Å². The van der Waals surface area contributed by atoms with E-state index in [0.717, 1.165) is 25.6 Å². The highest BCUT2D eigenvalue weighted by atomic mass is 15.2. The summed E-state index contributed by atoms with van der Waals surface area (Å²) in [5.41, 5.74) is 2.78. The lowest BCUT2D eigenvalue weighted by Crippen LogP contribution is -2.38. The number of likely N-dealkylation sites (tertiary alicyclic amines) is 1. The van der Waals surface area contributed by atoms with Crippen LogP contribution in [-0.2, 0) is 13.1 Å². The van der Waals surface area contributed by atoms with Gasteiger partial charge in [0, 0.05) is 19.1 Å². The standard InChI is InChI=1S/C19H30N4/c1-2-20-19(22-18-10-11-18)21-14-16-8-4-5-9-17(16)15-23-12-6-3-7-13-23/h4-5,8-9,18H,2-3,6-7,10-15H2,1H3,(H2,20,21,22). The summed E-state index contributed by atoms with van der Waals surface area (Å²) in [7, 11) is 0. The molecule has 2 N–H and O–H groups in total. The molecule has 0 unspecified atom stereocenters. The Labute approximate surface area is 140 Å². The maximum atomic E-state index is 4.79. The SMILES string of the molecule is CCNC(=NCc1ccccc1CN1CCCCC1)NC1CC1. The molecule has 1 aliphatic carbocycles. The average Bonchev–Trinajstić information content (AvgIpc) is 3.39. The number of hydrogen-bond acceptors (Lipinski definition) is 2. The Bertz CT molecular complexity index is 516. The predicted molar refractivity (Wildman–Crippen MR) is 96.5 cm³/mol. The fourth-order valence-electron chi connectivity index (χ4n) is 3.13. The summed E-state index contributed by atoms with van der Waals surface area (Å²) in [6, 6.07) is 9.41. The number of aliphatic imine (C=N–C) groups is 1. The van der Waals surface area contributed by atoms with Crippen molar-refractivity contribution >= 4 is 5.96 Å². The van der Waals surface area contributed by atoms with Crippen LogP contribution in [0, 0.1) is 0 Å². The van der Waals surface area contributed by atoms with E-state index in [1.54, 1.807) is 0 Å². The van der Waals surface area contributed by atoms with Gasteiger partial charge in [-0.05, 0) is 56.8 Å². The van der Waals surface area contributed by atoms with E-state index in [4.69, 9.17) is 4.99 Å². The molecule has 1 heterocycles. The molecule has 1 saturated heterocycles. The van der Waals surface area contributed by atoms with Crippen molar-refractivity contribution in [1.29, 1.82) is 0 Å². The molecular weight excluding hydrogens is 284 g/mol. The number of benzene rings is 1. The average molecular weight is 314 g/mol. The van der Waals surface area contributed by atoms with Gasteiger partial charge in [-0.3, -0.25) is 4.90 Å². The second-order valence-electron chi connectivity index (χ2n) is 6.72. The van der Waals surface area contributed by atoms with Crippen LogP contribution in [0.2, 0.25) is 0 Å². The minimum atomic E-state index is 0.636. The summed E-state index contributed by atoms with van der Waals surface area (Å²) in [6.45, 7) is 7.33. The maximum Gasteiger partial charge on any atom is 0.191 e. The Balaban J connectivity index is 1.63. The Kier molecular flexibility index (Phi) is 5.92. The van der Waals surface area contributed by atoms with E-state index < -0.39 is 0 Å². The first-order valence-electron chi connectivity index (χ1n) is 9.19. The number of nitrogens with one attached hydrogen (secondary N) is 2. The monoisotopic (exact) mass is 314 g/mol. The lowest BCUT2D eigenvalue weighted by Gasteiger charge is -2.27. The number of nitrogens with zero attached hydrogens (tertiary/aromatic N) is 2. The lowest BCUT2D eigenvalue weighted by molar-refractivity contribution is 0.220. The highest BCUT2D eigenvalue weighted by Crippen LogP contribution is 2.19. The Morgan fingerprint density at radius 1 is 1.13 bits per heavy atom. The van der Waals surface area contributed by atoms with E-state index >= 15 is 0 Å². The van der Waals surface area contributed by atoms with Gasteiger partial charge in [0.05, 0.1) is 6.54 Å². The van der Waals surface area contributed by atoms with Crippen molar-refractivity contribution in [2.75, 3.05) is 19.6 Å². The van der Waals surface area contributed by atoms with Crippen molar-refractivity contribution in [2.24, 2.45) is 4.99 Å². The van der Waals surface area contributed by atoms with E-state index in [1.165, 1.54) is 56.3 Å². The van der Waals surface area contributed by atoms with E-state index in [-0.39, 0.29) is 0 Å². The van der Waals surface area contributed by atoms with Crippen LogP contribution in [0.25, 0.3) is 0 Å². The van der Waals surface area contributed by atoms with Gasteiger partial charge in [0.15, 0.2) is 5.96 Å². The second-order valence-corrected chi connectivity index (χ2v) is 6.72. The molecule has 1 aromatic carbocycles. The first-order chi connectivity index (χ1) is 11.3. The van der Waals surface area contributed by atoms with E-state index in [2.05, 4.69) is 46.7 Å². The number of guanidine groups is 1. The maximum absolute atomic E-state index is 4.79. The first kappa shape index (κ1) is 16.3. The van der Waals surface area contributed by atoms with Crippen LogP contribution >= 0.6 is 0 Å². The molecule has 0 aromatic heterocycles. The summed E-state index contributed by atoms with van der Waals surface area (Å²) in [5.74, 6) is 0.961. The molecule has 0 amide bonds. The first-order valence-corrected chi connectivity index (χ1v) is 9.19. The molecule has 0 bridgehead atoms. The van der Waals surface area contributed by atoms with Crippen LogP contribution in [0.15, 0.2) is 29.3 Å². The predicted octanol–water partition coefficient (Wildman–Crippen LogP) is 2.89. The molecule has 2 fully saturated rings. The van der Waals surface area contributed by atoms with Gasteiger partial charge in [0.2, 0.25) is 0 Å². The number of rotatable bonds is 6. The molecule has 1 aromatic rings. The summed E-state index contributed by atoms with van der Waals surface area (Å²) in [4.78, 5) is 7.38. The van der Waals surface area contributed by atoms with E-state index in [0.29, 0.717) is 6.04 Å². The molecule has 4 heteroatoms. The zero-order valence-corrected chi connectivity index (χ0v) is 14.4. The fourth-order valence-corrected chi connectivity index (χ4v) is 3.13. The van der Waals surface area contributed by atoms with Gasteiger partial charge in [0.25, 0.3) is 0 Å². The molecule has 23 heavy (non-hydrogen) atoms. The van der Waals surface area contributed by atoms with Gasteiger partial charge in [-0.25, -0.2) is 4.99 Å². The van der Waals surface area contributed by atoms with Gasteiger partial charge in [0.1, 0.15) is 0 Å². The van der Waals surface area contributed by atoms with Gasteiger partial charge < -0.3 is 10.6 Å². The molecule has 1 aliphatic heterocycles. The minimum Gasteiger partial charge on any atom is -0.357 e. The van der Waals surface area contributed by atoms with Gasteiger partial charge in [-0.2, -0.15) is 0 Å². The van der Waals surface area contributed by atoms with Crippen LogP contribution in [-0.4, -0.2) is 36.5 Å². The topological polar surface area (TPSA) is 39.7 Å². The molecular formula is C19H30N4. The van der Waals surface area contributed by atoms with Crippen molar-refractivity contribution < 1.29 is 0 Å². The molecule has 3 rings (SSSR count). The zero-order valence-electron chi connectivity index (χ0n) is 14.4. The normalized spacial score (nSPS) is 19.6. The van der Waals surface area contributed by atoms with Crippen molar-refractivity contribution in [2.45, 2.75) is 58.2 Å². The van der Waals surface area contributed by atoms with Crippen molar-refractivity contribution in [1.82, 2.24) is 15.5 Å². The number of hydrogen-bond donors (Lipinski definition) is 2. The van der Waals surface area contributed by atoms with Crippen molar-refractivity contribution in [3.63, 3.8) is 0 Å². The third-order valence-corrected chi connectivity index (χ3v) is 4.63. The van der Waals surface area contributed by atoms with Gasteiger partial charge in [-0.1, -0.05) is 30.7 Å². The molecule has 0 atom stereocenters. The summed E-state index contributed by atoms with van der Waals surface area (Å²) in [6.07, 6.45) is 6.62. The molecule has 4 nitrogen and oxygen atoms in total. The van der Waals surface area contributed by atoms with E-state index in [1.807, 2.05) is 0 Å². The molecule has 0 spiro atoms. The highest BCUT2D eigenvalue weighted by Gasteiger charge is 2.22. The molecule has 2 aliphatic rings. The third-order valence-electron chi connectivity index (χ3n) is 4.63.